The summed E-state index contributed by atoms with van der Waals surface area (Å²) in [5, 5.41) is 2.85. The zero-order valence-corrected chi connectivity index (χ0v) is 13.2. The van der Waals surface area contributed by atoms with Crippen molar-refractivity contribution in [2.24, 2.45) is 0 Å². The molecule has 0 radical (unpaired) electrons. The number of rotatable bonds is 4. The molecular formula is C17H18N2O2S. The highest BCUT2D eigenvalue weighted by Crippen LogP contribution is 2.26. The van der Waals surface area contributed by atoms with Crippen molar-refractivity contribution in [2.45, 2.75) is 18.2 Å². The van der Waals surface area contributed by atoms with E-state index in [1.807, 2.05) is 55.5 Å². The lowest BCUT2D eigenvalue weighted by Gasteiger charge is -2.27. The second-order valence-corrected chi connectivity index (χ2v) is 6.02. The second-order valence-electron chi connectivity index (χ2n) is 5.21. The Morgan fingerprint density at radius 3 is 2.73 bits per heavy atom. The van der Waals surface area contributed by atoms with Gasteiger partial charge in [-0.3, -0.25) is 4.90 Å². The number of carbonyl (C=O) groups is 1. The number of aryl methyl sites for hydroxylation is 1. The maximum atomic E-state index is 11.8. The summed E-state index contributed by atoms with van der Waals surface area (Å²) in [7, 11) is 0. The van der Waals surface area contributed by atoms with Crippen LogP contribution in [-0.4, -0.2) is 19.1 Å². The molecule has 22 heavy (non-hydrogen) atoms. The number of carbonyl (C=O) groups excluding carboxylic acids is 1. The lowest BCUT2D eigenvalue weighted by Crippen LogP contribution is -2.46. The van der Waals surface area contributed by atoms with Gasteiger partial charge in [-0.15, -0.1) is 0 Å². The third-order valence-electron chi connectivity index (χ3n) is 3.45. The molecule has 4 nitrogen and oxygen atoms in total. The zero-order chi connectivity index (χ0) is 15.4. The lowest BCUT2D eigenvalue weighted by atomic mass is 10.2. The standard InChI is InChI=1S/C17H18N2O2S/c1-13-4-2-5-15(12-13)21-22-16-8-6-14(7-9-16)19-11-3-10-18-17(19)20/h2,4-9,12H,3,10-11H2,1H3,(H,18,20). The lowest BCUT2D eigenvalue weighted by molar-refractivity contribution is 0.243. The van der Waals surface area contributed by atoms with Gasteiger partial charge < -0.3 is 9.50 Å². The molecule has 0 unspecified atom stereocenters. The summed E-state index contributed by atoms with van der Waals surface area (Å²) in [5.41, 5.74) is 2.08. The molecule has 2 aromatic rings. The fourth-order valence-corrected chi connectivity index (χ4v) is 2.86. The maximum Gasteiger partial charge on any atom is 0.321 e. The molecule has 1 aliphatic heterocycles. The van der Waals surface area contributed by atoms with Crippen molar-refractivity contribution in [1.82, 2.24) is 5.32 Å². The van der Waals surface area contributed by atoms with E-state index >= 15 is 0 Å². The monoisotopic (exact) mass is 314 g/mol. The Morgan fingerprint density at radius 2 is 2.00 bits per heavy atom. The summed E-state index contributed by atoms with van der Waals surface area (Å²) >= 11 is 1.32. The van der Waals surface area contributed by atoms with Gasteiger partial charge in [0.15, 0.2) is 0 Å². The topological polar surface area (TPSA) is 41.6 Å². The van der Waals surface area contributed by atoms with Crippen molar-refractivity contribution in [3.8, 4) is 5.75 Å². The maximum absolute atomic E-state index is 11.8. The van der Waals surface area contributed by atoms with Crippen molar-refractivity contribution < 1.29 is 8.98 Å². The largest absolute Gasteiger partial charge is 0.421 e. The Kier molecular flexibility index (Phi) is 4.53. The van der Waals surface area contributed by atoms with Crippen LogP contribution in [0, 0.1) is 6.92 Å². The Bertz CT molecular complexity index is 658. The van der Waals surface area contributed by atoms with Gasteiger partial charge in [-0.05, 0) is 55.3 Å². The molecule has 1 fully saturated rings. The van der Waals surface area contributed by atoms with Crippen LogP contribution in [0.5, 0.6) is 5.75 Å². The molecule has 1 saturated heterocycles. The van der Waals surface area contributed by atoms with Gasteiger partial charge in [-0.25, -0.2) is 4.79 Å². The molecule has 0 aliphatic carbocycles. The molecule has 2 aromatic carbocycles. The first kappa shape index (κ1) is 14.8. The Balaban J connectivity index is 1.63. The van der Waals surface area contributed by atoms with Crippen LogP contribution in [-0.2, 0) is 0 Å². The van der Waals surface area contributed by atoms with E-state index < -0.39 is 0 Å². The first-order chi connectivity index (χ1) is 10.7. The molecule has 0 saturated carbocycles. The summed E-state index contributed by atoms with van der Waals surface area (Å²) in [4.78, 5) is 14.6. The average molecular weight is 314 g/mol. The number of benzene rings is 2. The first-order valence-corrected chi connectivity index (χ1v) is 8.03. The second kappa shape index (κ2) is 6.75. The van der Waals surface area contributed by atoms with Crippen LogP contribution in [0.4, 0.5) is 10.5 Å². The summed E-state index contributed by atoms with van der Waals surface area (Å²) < 4.78 is 5.70. The molecule has 0 aromatic heterocycles. The predicted molar refractivity (Wildman–Crippen MR) is 89.5 cm³/mol. The molecule has 5 heteroatoms. The van der Waals surface area contributed by atoms with Crippen LogP contribution in [0.1, 0.15) is 12.0 Å². The van der Waals surface area contributed by atoms with E-state index in [1.54, 1.807) is 4.90 Å². The van der Waals surface area contributed by atoms with Crippen molar-refractivity contribution in [2.75, 3.05) is 18.0 Å². The quantitative estimate of drug-likeness (QED) is 0.867. The minimum atomic E-state index is -0.0253. The van der Waals surface area contributed by atoms with E-state index in [-0.39, 0.29) is 6.03 Å². The fraction of sp³-hybridized carbons (Fsp3) is 0.235. The smallest absolute Gasteiger partial charge is 0.321 e. The molecule has 114 valence electrons. The number of hydrogen-bond acceptors (Lipinski definition) is 3. The predicted octanol–water partition coefficient (Wildman–Crippen LogP) is 4.00. The van der Waals surface area contributed by atoms with Gasteiger partial charge in [0.05, 0.1) is 12.0 Å². The van der Waals surface area contributed by atoms with Crippen molar-refractivity contribution >= 4 is 23.8 Å². The third-order valence-corrected chi connectivity index (χ3v) is 4.19. The molecule has 0 spiro atoms. The van der Waals surface area contributed by atoms with Crippen LogP contribution >= 0.6 is 12.0 Å². The highest BCUT2D eigenvalue weighted by atomic mass is 32.2. The van der Waals surface area contributed by atoms with E-state index in [1.165, 1.54) is 17.6 Å². The normalized spacial score (nSPS) is 14.6. The summed E-state index contributed by atoms with van der Waals surface area (Å²) in [6.45, 7) is 3.56. The van der Waals surface area contributed by atoms with Gasteiger partial charge in [0, 0.05) is 23.7 Å². The molecule has 1 heterocycles. The van der Waals surface area contributed by atoms with Crippen LogP contribution < -0.4 is 14.4 Å². The number of hydrogen-bond donors (Lipinski definition) is 1. The van der Waals surface area contributed by atoms with Crippen LogP contribution in [0.25, 0.3) is 0 Å². The van der Waals surface area contributed by atoms with E-state index in [2.05, 4.69) is 5.32 Å². The van der Waals surface area contributed by atoms with Crippen LogP contribution in [0.15, 0.2) is 53.4 Å². The van der Waals surface area contributed by atoms with E-state index in [9.17, 15) is 4.79 Å². The number of nitrogens with one attached hydrogen (secondary N) is 1. The van der Waals surface area contributed by atoms with Crippen LogP contribution in [0.2, 0.25) is 0 Å². The van der Waals surface area contributed by atoms with Crippen LogP contribution in [0.3, 0.4) is 0 Å². The number of urea groups is 1. The average Bonchev–Trinajstić information content (AvgIpc) is 2.54. The van der Waals surface area contributed by atoms with Crippen molar-refractivity contribution in [1.29, 1.82) is 0 Å². The van der Waals surface area contributed by atoms with Gasteiger partial charge in [0.1, 0.15) is 5.75 Å². The molecule has 0 bridgehead atoms. The van der Waals surface area contributed by atoms with Gasteiger partial charge in [-0.2, -0.15) is 0 Å². The minimum absolute atomic E-state index is 0.0253. The molecular weight excluding hydrogens is 296 g/mol. The number of anilines is 1. The number of nitrogens with zero attached hydrogens (tertiary/aromatic N) is 1. The molecule has 1 aliphatic rings. The Labute approximate surface area is 134 Å². The van der Waals surface area contributed by atoms with Crippen molar-refractivity contribution in [3.05, 3.63) is 54.1 Å². The van der Waals surface area contributed by atoms with Gasteiger partial charge >= 0.3 is 6.03 Å². The Morgan fingerprint density at radius 1 is 1.18 bits per heavy atom. The summed E-state index contributed by atoms with van der Waals surface area (Å²) in [6.07, 6.45) is 0.971. The van der Waals surface area contributed by atoms with Crippen molar-refractivity contribution in [3.63, 3.8) is 0 Å². The molecule has 0 atom stereocenters. The molecule has 1 N–H and O–H groups in total. The van der Waals surface area contributed by atoms with E-state index in [4.69, 9.17) is 4.18 Å². The zero-order valence-electron chi connectivity index (χ0n) is 12.4. The third kappa shape index (κ3) is 3.54. The fourth-order valence-electron chi connectivity index (χ4n) is 2.32. The number of amides is 2. The van der Waals surface area contributed by atoms with Gasteiger partial charge in [0.2, 0.25) is 0 Å². The van der Waals surface area contributed by atoms with E-state index in [0.29, 0.717) is 0 Å². The first-order valence-electron chi connectivity index (χ1n) is 7.29. The summed E-state index contributed by atoms with van der Waals surface area (Å²) in [5.74, 6) is 0.837. The highest BCUT2D eigenvalue weighted by molar-refractivity contribution is 7.95. The molecule has 3 rings (SSSR count). The SMILES string of the molecule is Cc1cccc(OSc2ccc(N3CCCNC3=O)cc2)c1. The van der Waals surface area contributed by atoms with Gasteiger partial charge in [0.25, 0.3) is 0 Å². The molecule has 2 amide bonds. The highest BCUT2D eigenvalue weighted by Gasteiger charge is 2.18. The minimum Gasteiger partial charge on any atom is -0.421 e. The summed E-state index contributed by atoms with van der Waals surface area (Å²) in [6, 6.07) is 15.8. The van der Waals surface area contributed by atoms with Gasteiger partial charge in [-0.1, -0.05) is 12.1 Å². The van der Waals surface area contributed by atoms with E-state index in [0.717, 1.165) is 35.8 Å². The Hall–Kier alpha value is -2.14.